The molecule has 104 valence electrons. The zero-order chi connectivity index (χ0) is 14.7. The molecule has 0 radical (unpaired) electrons. The molecule has 0 aliphatic carbocycles. The van der Waals surface area contributed by atoms with Crippen LogP contribution < -0.4 is 11.1 Å². The van der Waals surface area contributed by atoms with E-state index in [2.05, 4.69) is 5.32 Å². The van der Waals surface area contributed by atoms with Crippen molar-refractivity contribution in [3.8, 4) is 0 Å². The van der Waals surface area contributed by atoms with E-state index in [4.69, 9.17) is 41.2 Å². The Balaban J connectivity index is 2.09. The smallest absolute Gasteiger partial charge is 0.141 e. The minimum Gasteiger partial charge on any atom is -0.389 e. The van der Waals surface area contributed by atoms with Crippen molar-refractivity contribution < 1.29 is 4.39 Å². The second kappa shape index (κ2) is 6.39. The third-order valence-electron chi connectivity index (χ3n) is 2.72. The van der Waals surface area contributed by atoms with E-state index in [9.17, 15) is 4.39 Å². The van der Waals surface area contributed by atoms with E-state index in [1.165, 1.54) is 6.07 Å². The second-order valence-electron chi connectivity index (χ2n) is 4.16. The number of nitrogens with one attached hydrogen (secondary N) is 1. The van der Waals surface area contributed by atoms with Crippen LogP contribution in [0.3, 0.4) is 0 Å². The number of anilines is 1. The van der Waals surface area contributed by atoms with Gasteiger partial charge < -0.3 is 11.1 Å². The van der Waals surface area contributed by atoms with Crippen LogP contribution in [0.1, 0.15) is 11.1 Å². The fourth-order valence-corrected chi connectivity index (χ4v) is 2.40. The van der Waals surface area contributed by atoms with Crippen LogP contribution in [0.4, 0.5) is 10.1 Å². The molecule has 0 spiro atoms. The molecule has 0 saturated heterocycles. The molecule has 0 unspecified atom stereocenters. The van der Waals surface area contributed by atoms with E-state index in [-0.39, 0.29) is 10.0 Å². The van der Waals surface area contributed by atoms with Crippen LogP contribution in [0.2, 0.25) is 10.0 Å². The lowest BCUT2D eigenvalue weighted by atomic mass is 10.2. The fourth-order valence-electron chi connectivity index (χ4n) is 1.68. The Kier molecular flexibility index (Phi) is 4.81. The van der Waals surface area contributed by atoms with E-state index < -0.39 is 5.82 Å². The molecule has 0 amide bonds. The van der Waals surface area contributed by atoms with Gasteiger partial charge in [-0.1, -0.05) is 41.5 Å². The van der Waals surface area contributed by atoms with Crippen molar-refractivity contribution in [3.63, 3.8) is 0 Å². The Morgan fingerprint density at radius 1 is 1.15 bits per heavy atom. The number of benzene rings is 2. The van der Waals surface area contributed by atoms with Crippen molar-refractivity contribution in [2.45, 2.75) is 6.54 Å². The normalized spacial score (nSPS) is 10.3. The summed E-state index contributed by atoms with van der Waals surface area (Å²) in [4.78, 5) is 0.256. The van der Waals surface area contributed by atoms with Gasteiger partial charge in [0.05, 0.1) is 10.0 Å². The summed E-state index contributed by atoms with van der Waals surface area (Å²) in [6, 6.07) is 9.90. The van der Waals surface area contributed by atoms with E-state index >= 15 is 0 Å². The van der Waals surface area contributed by atoms with E-state index in [0.29, 0.717) is 17.1 Å². The van der Waals surface area contributed by atoms with Crippen molar-refractivity contribution in [1.29, 1.82) is 0 Å². The maximum atomic E-state index is 13.0. The zero-order valence-electron chi connectivity index (χ0n) is 10.3. The standard InChI is InChI=1S/C14H11Cl2FN2S/c15-11-6-9(2-3-10(11)14(18)20)19-7-8-1-4-13(17)12(16)5-8/h1-6,19H,7H2,(H2,18,20). The number of nitrogens with two attached hydrogens (primary N) is 1. The van der Waals surface area contributed by atoms with Crippen LogP contribution >= 0.6 is 35.4 Å². The molecule has 0 aliphatic rings. The zero-order valence-corrected chi connectivity index (χ0v) is 12.6. The van der Waals surface area contributed by atoms with E-state index in [1.807, 2.05) is 6.07 Å². The van der Waals surface area contributed by atoms with Crippen LogP contribution in [0.25, 0.3) is 0 Å². The Hall–Kier alpha value is -1.36. The highest BCUT2D eigenvalue weighted by atomic mass is 35.5. The summed E-state index contributed by atoms with van der Waals surface area (Å²) in [5, 5.41) is 3.75. The number of hydrogen-bond donors (Lipinski definition) is 2. The van der Waals surface area contributed by atoms with E-state index in [1.54, 1.807) is 24.3 Å². The minimum absolute atomic E-state index is 0.103. The lowest BCUT2D eigenvalue weighted by Gasteiger charge is -2.09. The Bertz CT molecular complexity index is 662. The average Bonchev–Trinajstić information content (AvgIpc) is 2.40. The van der Waals surface area contributed by atoms with Gasteiger partial charge in [-0.25, -0.2) is 4.39 Å². The molecule has 0 aliphatic heterocycles. The molecule has 0 heterocycles. The second-order valence-corrected chi connectivity index (χ2v) is 5.42. The average molecular weight is 329 g/mol. The maximum absolute atomic E-state index is 13.0. The summed E-state index contributed by atoms with van der Waals surface area (Å²) in [6.45, 7) is 0.503. The summed E-state index contributed by atoms with van der Waals surface area (Å²) >= 11 is 16.7. The van der Waals surface area contributed by atoms with Crippen molar-refractivity contribution in [2.24, 2.45) is 5.73 Å². The highest BCUT2D eigenvalue weighted by Gasteiger charge is 2.05. The molecule has 0 aromatic heterocycles. The monoisotopic (exact) mass is 328 g/mol. The Morgan fingerprint density at radius 2 is 1.90 bits per heavy atom. The SMILES string of the molecule is NC(=S)c1ccc(NCc2ccc(F)c(Cl)c2)cc1Cl. The molecule has 3 N–H and O–H groups in total. The number of halogens is 3. The van der Waals surface area contributed by atoms with Gasteiger partial charge in [0.15, 0.2) is 0 Å². The molecule has 0 bridgehead atoms. The van der Waals surface area contributed by atoms with Gasteiger partial charge in [-0.2, -0.15) is 0 Å². The fraction of sp³-hybridized carbons (Fsp3) is 0.0714. The molecule has 0 fully saturated rings. The van der Waals surface area contributed by atoms with Crippen molar-refractivity contribution in [3.05, 3.63) is 63.4 Å². The Labute approximate surface area is 131 Å². The minimum atomic E-state index is -0.431. The van der Waals surface area contributed by atoms with Crippen molar-refractivity contribution in [2.75, 3.05) is 5.32 Å². The number of hydrogen-bond acceptors (Lipinski definition) is 2. The van der Waals surface area contributed by atoms with Crippen molar-refractivity contribution in [1.82, 2.24) is 0 Å². The van der Waals surface area contributed by atoms with Crippen LogP contribution in [0.5, 0.6) is 0 Å². The lowest BCUT2D eigenvalue weighted by Crippen LogP contribution is -2.10. The van der Waals surface area contributed by atoms with Crippen LogP contribution in [-0.2, 0) is 6.54 Å². The van der Waals surface area contributed by atoms with Crippen LogP contribution in [0, 0.1) is 5.82 Å². The molecule has 0 saturated carbocycles. The predicted molar refractivity (Wildman–Crippen MR) is 86.1 cm³/mol. The van der Waals surface area contributed by atoms with Crippen LogP contribution in [-0.4, -0.2) is 4.99 Å². The number of thiocarbonyl (C=S) groups is 1. The molecule has 2 aromatic rings. The van der Waals surface area contributed by atoms with Gasteiger partial charge in [0.25, 0.3) is 0 Å². The molecular formula is C14H11Cl2FN2S. The maximum Gasteiger partial charge on any atom is 0.141 e. The van der Waals surface area contributed by atoms with E-state index in [0.717, 1.165) is 11.3 Å². The summed E-state index contributed by atoms with van der Waals surface area (Å²) in [5.41, 5.74) is 7.85. The van der Waals surface area contributed by atoms with Gasteiger partial charge in [0.1, 0.15) is 10.8 Å². The van der Waals surface area contributed by atoms with Gasteiger partial charge in [0.2, 0.25) is 0 Å². The topological polar surface area (TPSA) is 38.0 Å². The summed E-state index contributed by atoms with van der Waals surface area (Å²) < 4.78 is 13.0. The first-order chi connectivity index (χ1) is 9.47. The molecule has 6 heteroatoms. The van der Waals surface area contributed by atoms with Gasteiger partial charge in [0, 0.05) is 17.8 Å². The molecule has 2 rings (SSSR count). The van der Waals surface area contributed by atoms with Gasteiger partial charge >= 0.3 is 0 Å². The molecular weight excluding hydrogens is 318 g/mol. The molecule has 20 heavy (non-hydrogen) atoms. The summed E-state index contributed by atoms with van der Waals surface area (Å²) in [6.07, 6.45) is 0. The number of rotatable bonds is 4. The molecule has 2 nitrogen and oxygen atoms in total. The highest BCUT2D eigenvalue weighted by molar-refractivity contribution is 7.80. The first-order valence-electron chi connectivity index (χ1n) is 5.74. The third kappa shape index (κ3) is 3.60. The first kappa shape index (κ1) is 15.0. The highest BCUT2D eigenvalue weighted by Crippen LogP contribution is 2.22. The molecule has 0 atom stereocenters. The van der Waals surface area contributed by atoms with Crippen molar-refractivity contribution >= 4 is 46.1 Å². The predicted octanol–water partition coefficient (Wildman–Crippen LogP) is 4.38. The van der Waals surface area contributed by atoms with Gasteiger partial charge in [-0.15, -0.1) is 0 Å². The summed E-state index contributed by atoms with van der Waals surface area (Å²) in [7, 11) is 0. The quantitative estimate of drug-likeness (QED) is 0.818. The van der Waals surface area contributed by atoms with Crippen LogP contribution in [0.15, 0.2) is 36.4 Å². The Morgan fingerprint density at radius 3 is 2.50 bits per heavy atom. The molecule has 2 aromatic carbocycles. The first-order valence-corrected chi connectivity index (χ1v) is 6.91. The van der Waals surface area contributed by atoms with Gasteiger partial charge in [-0.05, 0) is 35.9 Å². The summed E-state index contributed by atoms with van der Waals surface area (Å²) in [5.74, 6) is -0.431. The lowest BCUT2D eigenvalue weighted by molar-refractivity contribution is 0.627. The van der Waals surface area contributed by atoms with Gasteiger partial charge in [-0.3, -0.25) is 0 Å². The largest absolute Gasteiger partial charge is 0.389 e. The third-order valence-corrected chi connectivity index (χ3v) is 3.54.